The van der Waals surface area contributed by atoms with Gasteiger partial charge in [-0.2, -0.15) is 0 Å². The van der Waals surface area contributed by atoms with Crippen LogP contribution in [-0.4, -0.2) is 51.6 Å². The second kappa shape index (κ2) is 11.8. The molecule has 164 valence electrons. The van der Waals surface area contributed by atoms with E-state index in [0.717, 1.165) is 37.0 Å². The molecule has 0 aliphatic carbocycles. The van der Waals surface area contributed by atoms with Crippen LogP contribution in [0.15, 0.2) is 72.4 Å². The molecule has 3 aromatic rings. The normalized spacial score (nSPS) is 16.7. The fourth-order valence-corrected chi connectivity index (χ4v) is 3.88. The van der Waals surface area contributed by atoms with E-state index in [9.17, 15) is 0 Å². The second-order valence-corrected chi connectivity index (χ2v) is 7.55. The number of hydrogen-bond donors (Lipinski definition) is 2. The molecule has 3 heterocycles. The van der Waals surface area contributed by atoms with Crippen LogP contribution in [0.5, 0.6) is 0 Å². The van der Waals surface area contributed by atoms with E-state index in [0.29, 0.717) is 12.6 Å². The van der Waals surface area contributed by atoms with Gasteiger partial charge in [-0.1, -0.05) is 30.3 Å². The standard InChI is InChI=1S/C23H29N7.HI/c1-24-23(27-15-20-9-10-26-22(14-20)30-13-11-25-18-30)28-16-21-8-5-12-29(21)17-19-6-3-2-4-7-19;/h2-4,6-7,9-11,13-14,18,21H,5,8,12,15-17H2,1H3,(H2,24,27,28);1H. The number of imidazole rings is 1. The number of guanidine groups is 1. The number of likely N-dealkylation sites (tertiary alicyclic amines) is 1. The van der Waals surface area contributed by atoms with Crippen molar-refractivity contribution in [1.29, 1.82) is 0 Å². The first-order chi connectivity index (χ1) is 14.8. The molecule has 0 spiro atoms. The van der Waals surface area contributed by atoms with Crippen molar-refractivity contribution < 1.29 is 0 Å². The van der Waals surface area contributed by atoms with Crippen LogP contribution in [0.2, 0.25) is 0 Å². The quantitative estimate of drug-likeness (QED) is 0.279. The molecular formula is C23H30IN7. The first-order valence-corrected chi connectivity index (χ1v) is 10.5. The Hall–Kier alpha value is -2.46. The van der Waals surface area contributed by atoms with Gasteiger partial charge in [-0.15, -0.1) is 24.0 Å². The molecule has 0 radical (unpaired) electrons. The third-order valence-electron chi connectivity index (χ3n) is 5.50. The predicted molar refractivity (Wildman–Crippen MR) is 135 cm³/mol. The van der Waals surface area contributed by atoms with Gasteiger partial charge in [0.25, 0.3) is 0 Å². The Morgan fingerprint density at radius 3 is 2.77 bits per heavy atom. The largest absolute Gasteiger partial charge is 0.355 e. The molecule has 2 aromatic heterocycles. The molecule has 1 aromatic carbocycles. The van der Waals surface area contributed by atoms with E-state index in [2.05, 4.69) is 66.9 Å². The molecule has 1 unspecified atom stereocenters. The zero-order valence-electron chi connectivity index (χ0n) is 17.8. The summed E-state index contributed by atoms with van der Waals surface area (Å²) in [4.78, 5) is 15.4. The highest BCUT2D eigenvalue weighted by atomic mass is 127. The maximum Gasteiger partial charge on any atom is 0.191 e. The fourth-order valence-electron chi connectivity index (χ4n) is 3.88. The molecule has 31 heavy (non-hydrogen) atoms. The molecule has 0 bridgehead atoms. The van der Waals surface area contributed by atoms with Crippen LogP contribution in [0.25, 0.3) is 5.82 Å². The van der Waals surface area contributed by atoms with Crippen LogP contribution in [-0.2, 0) is 13.1 Å². The number of rotatable bonds is 7. The maximum atomic E-state index is 4.40. The lowest BCUT2D eigenvalue weighted by Crippen LogP contribution is -2.44. The van der Waals surface area contributed by atoms with Gasteiger partial charge >= 0.3 is 0 Å². The molecule has 1 fully saturated rings. The lowest BCUT2D eigenvalue weighted by atomic mass is 10.2. The Kier molecular flexibility index (Phi) is 8.84. The van der Waals surface area contributed by atoms with Crippen molar-refractivity contribution in [2.45, 2.75) is 32.0 Å². The van der Waals surface area contributed by atoms with Crippen molar-refractivity contribution >= 4 is 29.9 Å². The van der Waals surface area contributed by atoms with E-state index >= 15 is 0 Å². The minimum Gasteiger partial charge on any atom is -0.355 e. The van der Waals surface area contributed by atoms with Gasteiger partial charge in [0.15, 0.2) is 5.96 Å². The van der Waals surface area contributed by atoms with Crippen LogP contribution >= 0.6 is 24.0 Å². The summed E-state index contributed by atoms with van der Waals surface area (Å²) in [6, 6.07) is 15.3. The number of hydrogen-bond acceptors (Lipinski definition) is 4. The fraction of sp³-hybridized carbons (Fsp3) is 0.348. The van der Waals surface area contributed by atoms with E-state index in [-0.39, 0.29) is 24.0 Å². The summed E-state index contributed by atoms with van der Waals surface area (Å²) in [5.74, 6) is 1.68. The van der Waals surface area contributed by atoms with Crippen LogP contribution in [0.3, 0.4) is 0 Å². The van der Waals surface area contributed by atoms with Crippen LogP contribution in [0, 0.1) is 0 Å². The van der Waals surface area contributed by atoms with Gasteiger partial charge in [0.05, 0.1) is 0 Å². The van der Waals surface area contributed by atoms with Gasteiger partial charge in [-0.25, -0.2) is 9.97 Å². The van der Waals surface area contributed by atoms with Gasteiger partial charge in [0.1, 0.15) is 12.1 Å². The minimum atomic E-state index is 0. The van der Waals surface area contributed by atoms with Crippen molar-refractivity contribution in [1.82, 2.24) is 30.1 Å². The molecule has 7 nitrogen and oxygen atoms in total. The van der Waals surface area contributed by atoms with Crippen molar-refractivity contribution in [2.24, 2.45) is 4.99 Å². The van der Waals surface area contributed by atoms with E-state index in [1.807, 2.05) is 30.1 Å². The van der Waals surface area contributed by atoms with Gasteiger partial charge in [-0.3, -0.25) is 14.5 Å². The third-order valence-corrected chi connectivity index (χ3v) is 5.50. The lowest BCUT2D eigenvalue weighted by molar-refractivity contribution is 0.245. The number of pyridine rings is 1. The van der Waals surface area contributed by atoms with Gasteiger partial charge in [0.2, 0.25) is 0 Å². The molecule has 1 aliphatic rings. The highest BCUT2D eigenvalue weighted by Gasteiger charge is 2.24. The Labute approximate surface area is 201 Å². The second-order valence-electron chi connectivity index (χ2n) is 7.55. The Balaban J connectivity index is 0.00000272. The van der Waals surface area contributed by atoms with Gasteiger partial charge in [0, 0.05) is 51.3 Å². The van der Waals surface area contributed by atoms with Crippen LogP contribution < -0.4 is 10.6 Å². The summed E-state index contributed by atoms with van der Waals surface area (Å²) in [5, 5.41) is 6.92. The van der Waals surface area contributed by atoms with Crippen LogP contribution in [0.1, 0.15) is 24.0 Å². The summed E-state index contributed by atoms with van der Waals surface area (Å²) in [6.07, 6.45) is 9.69. The Morgan fingerprint density at radius 2 is 2.00 bits per heavy atom. The highest BCUT2D eigenvalue weighted by Crippen LogP contribution is 2.19. The van der Waals surface area contributed by atoms with Crippen molar-refractivity contribution in [3.8, 4) is 5.82 Å². The van der Waals surface area contributed by atoms with E-state index in [1.165, 1.54) is 18.4 Å². The number of aliphatic imine (C=N–C) groups is 1. The monoisotopic (exact) mass is 531 g/mol. The molecule has 8 heteroatoms. The van der Waals surface area contributed by atoms with E-state index in [4.69, 9.17) is 0 Å². The predicted octanol–water partition coefficient (Wildman–Crippen LogP) is 3.21. The van der Waals surface area contributed by atoms with Gasteiger partial charge in [-0.05, 0) is 42.6 Å². The first-order valence-electron chi connectivity index (χ1n) is 10.5. The summed E-state index contributed by atoms with van der Waals surface area (Å²) in [7, 11) is 1.81. The third kappa shape index (κ3) is 6.51. The summed E-state index contributed by atoms with van der Waals surface area (Å²) in [6.45, 7) is 3.74. The first kappa shape index (κ1) is 23.2. The van der Waals surface area contributed by atoms with E-state index < -0.39 is 0 Å². The molecule has 1 saturated heterocycles. The van der Waals surface area contributed by atoms with Crippen molar-refractivity contribution in [3.63, 3.8) is 0 Å². The molecular weight excluding hydrogens is 501 g/mol. The highest BCUT2D eigenvalue weighted by molar-refractivity contribution is 14.0. The summed E-state index contributed by atoms with van der Waals surface area (Å²) in [5.41, 5.74) is 2.52. The summed E-state index contributed by atoms with van der Waals surface area (Å²) >= 11 is 0. The average molecular weight is 531 g/mol. The molecule has 2 N–H and O–H groups in total. The number of aromatic nitrogens is 3. The van der Waals surface area contributed by atoms with Gasteiger partial charge < -0.3 is 10.6 Å². The zero-order chi connectivity index (χ0) is 20.6. The SMILES string of the molecule is CN=C(NCc1ccnc(-n2ccnc2)c1)NCC1CCCN1Cc1ccccc1.I. The average Bonchev–Trinajstić information content (AvgIpc) is 3.47. The number of nitrogens with zero attached hydrogens (tertiary/aromatic N) is 5. The number of benzene rings is 1. The molecule has 4 rings (SSSR count). The molecule has 0 amide bonds. The Morgan fingerprint density at radius 1 is 1.13 bits per heavy atom. The number of nitrogens with one attached hydrogen (secondary N) is 2. The molecule has 1 atom stereocenters. The molecule has 0 saturated carbocycles. The van der Waals surface area contributed by atoms with Crippen molar-refractivity contribution in [2.75, 3.05) is 20.1 Å². The number of halogens is 1. The Bertz CT molecular complexity index is 944. The summed E-state index contributed by atoms with van der Waals surface area (Å²) < 4.78 is 1.90. The topological polar surface area (TPSA) is 70.4 Å². The van der Waals surface area contributed by atoms with E-state index in [1.54, 1.807) is 12.5 Å². The maximum absolute atomic E-state index is 4.40. The zero-order valence-corrected chi connectivity index (χ0v) is 20.1. The smallest absolute Gasteiger partial charge is 0.191 e. The lowest BCUT2D eigenvalue weighted by Gasteiger charge is -2.25. The van der Waals surface area contributed by atoms with Crippen molar-refractivity contribution in [3.05, 3.63) is 78.5 Å². The minimum absolute atomic E-state index is 0. The van der Waals surface area contributed by atoms with Crippen LogP contribution in [0.4, 0.5) is 0 Å². The molecule has 1 aliphatic heterocycles.